The number of fused-ring (bicyclic) bond motifs is 1. The third-order valence-electron chi connectivity index (χ3n) is 3.13. The largest absolute Gasteiger partial charge is 0.492 e. The number of ketones is 1. The molecule has 0 saturated carbocycles. The van der Waals surface area contributed by atoms with E-state index in [9.17, 15) is 13.2 Å². The highest BCUT2D eigenvalue weighted by atomic mass is 32.2. The van der Waals surface area contributed by atoms with Crippen LogP contribution in [-0.4, -0.2) is 32.3 Å². The van der Waals surface area contributed by atoms with Gasteiger partial charge in [-0.15, -0.1) is 0 Å². The maximum Gasteiger partial charge on any atom is 0.163 e. The smallest absolute Gasteiger partial charge is 0.163 e. The molecular weight excluding hydrogens is 252 g/mol. The molecule has 1 aromatic carbocycles. The zero-order valence-electron chi connectivity index (χ0n) is 10.3. The molecule has 1 aliphatic rings. The van der Waals surface area contributed by atoms with Gasteiger partial charge in [0.15, 0.2) is 15.6 Å². The molecule has 0 heterocycles. The average molecular weight is 268 g/mol. The van der Waals surface area contributed by atoms with E-state index < -0.39 is 9.84 Å². The molecule has 0 unspecified atom stereocenters. The number of hydrogen-bond donors (Lipinski definition) is 0. The van der Waals surface area contributed by atoms with Gasteiger partial charge in [-0.2, -0.15) is 0 Å². The molecule has 98 valence electrons. The molecule has 18 heavy (non-hydrogen) atoms. The van der Waals surface area contributed by atoms with Crippen molar-refractivity contribution in [3.63, 3.8) is 0 Å². The second kappa shape index (κ2) is 5.10. The van der Waals surface area contributed by atoms with Crippen molar-refractivity contribution in [2.75, 3.05) is 18.1 Å². The first-order valence-electron chi connectivity index (χ1n) is 6.02. The Hall–Kier alpha value is -1.36. The maximum absolute atomic E-state index is 11.5. The zero-order chi connectivity index (χ0) is 13.2. The van der Waals surface area contributed by atoms with Crippen molar-refractivity contribution in [3.8, 4) is 5.75 Å². The molecule has 0 saturated heterocycles. The Balaban J connectivity index is 2.06. The first-order chi connectivity index (χ1) is 8.53. The van der Waals surface area contributed by atoms with Gasteiger partial charge in [-0.05, 0) is 12.5 Å². The normalized spacial score (nSPS) is 14.6. The molecular formula is C13H16O4S. The molecule has 5 heteroatoms. The van der Waals surface area contributed by atoms with Crippen molar-refractivity contribution in [3.05, 3.63) is 29.3 Å². The Bertz CT molecular complexity index is 560. The third-order valence-corrected chi connectivity index (χ3v) is 4.80. The fourth-order valence-electron chi connectivity index (χ4n) is 2.02. The van der Waals surface area contributed by atoms with Gasteiger partial charge in [0.05, 0.1) is 5.75 Å². The lowest BCUT2D eigenvalue weighted by molar-refractivity contribution is 0.0994. The minimum atomic E-state index is -3.01. The Kier molecular flexibility index (Phi) is 3.71. The molecule has 0 amide bonds. The van der Waals surface area contributed by atoms with Gasteiger partial charge in [0, 0.05) is 23.3 Å². The van der Waals surface area contributed by atoms with E-state index in [1.54, 1.807) is 25.1 Å². The van der Waals surface area contributed by atoms with Crippen molar-refractivity contribution in [2.24, 2.45) is 0 Å². The van der Waals surface area contributed by atoms with Crippen LogP contribution >= 0.6 is 0 Å². The van der Waals surface area contributed by atoms with Crippen LogP contribution in [0.2, 0.25) is 0 Å². The second-order valence-corrected chi connectivity index (χ2v) is 6.76. The summed E-state index contributed by atoms with van der Waals surface area (Å²) < 4.78 is 28.2. The van der Waals surface area contributed by atoms with E-state index in [4.69, 9.17) is 4.74 Å². The average Bonchev–Trinajstić information content (AvgIpc) is 2.72. The van der Waals surface area contributed by atoms with Gasteiger partial charge in [0.25, 0.3) is 0 Å². The Morgan fingerprint density at radius 3 is 2.78 bits per heavy atom. The van der Waals surface area contributed by atoms with Crippen LogP contribution in [-0.2, 0) is 16.3 Å². The van der Waals surface area contributed by atoms with Crippen LogP contribution in [0.15, 0.2) is 18.2 Å². The Morgan fingerprint density at radius 1 is 1.28 bits per heavy atom. The lowest BCUT2D eigenvalue weighted by atomic mass is 10.1. The summed E-state index contributed by atoms with van der Waals surface area (Å²) in [5, 5.41) is 0. The van der Waals surface area contributed by atoms with Crippen LogP contribution in [0.25, 0.3) is 0 Å². The van der Waals surface area contributed by atoms with E-state index in [0.29, 0.717) is 24.2 Å². The summed E-state index contributed by atoms with van der Waals surface area (Å²) >= 11 is 0. The second-order valence-electron chi connectivity index (χ2n) is 4.29. The molecule has 0 radical (unpaired) electrons. The minimum absolute atomic E-state index is 0.0150. The summed E-state index contributed by atoms with van der Waals surface area (Å²) in [6, 6.07) is 5.35. The molecule has 0 fully saturated rings. The number of hydrogen-bond acceptors (Lipinski definition) is 4. The molecule has 2 rings (SSSR count). The lowest BCUT2D eigenvalue weighted by Gasteiger charge is -2.10. The number of sulfone groups is 1. The number of carbonyl (C=O) groups is 1. The molecule has 0 spiro atoms. The maximum atomic E-state index is 11.5. The van der Waals surface area contributed by atoms with E-state index in [2.05, 4.69) is 0 Å². The van der Waals surface area contributed by atoms with Crippen molar-refractivity contribution < 1.29 is 17.9 Å². The first-order valence-corrected chi connectivity index (χ1v) is 7.84. The van der Waals surface area contributed by atoms with E-state index in [1.807, 2.05) is 0 Å². The number of ether oxygens (including phenoxy) is 1. The minimum Gasteiger partial charge on any atom is -0.492 e. The topological polar surface area (TPSA) is 60.4 Å². The van der Waals surface area contributed by atoms with Crippen molar-refractivity contribution in [1.29, 1.82) is 0 Å². The van der Waals surface area contributed by atoms with Crippen LogP contribution < -0.4 is 4.74 Å². The standard InChI is InChI=1S/C13H16O4S/c1-2-18(15,16)9-8-17-13-5-3-4-10-11(13)6-7-12(10)14/h3-5H,2,6-9H2,1H3. The van der Waals surface area contributed by atoms with Crippen LogP contribution in [0.3, 0.4) is 0 Å². The predicted octanol–water partition coefficient (Wildman–Crippen LogP) is 1.63. The molecule has 4 nitrogen and oxygen atoms in total. The fourth-order valence-corrected chi connectivity index (χ4v) is 2.64. The number of benzene rings is 1. The summed E-state index contributed by atoms with van der Waals surface area (Å²) in [4.78, 5) is 11.5. The molecule has 1 aliphatic carbocycles. The van der Waals surface area contributed by atoms with Crippen LogP contribution in [0.4, 0.5) is 0 Å². The van der Waals surface area contributed by atoms with Gasteiger partial charge in [0.1, 0.15) is 12.4 Å². The molecule has 0 atom stereocenters. The van der Waals surface area contributed by atoms with Crippen molar-refractivity contribution in [1.82, 2.24) is 0 Å². The van der Waals surface area contributed by atoms with Crippen molar-refractivity contribution in [2.45, 2.75) is 19.8 Å². The monoisotopic (exact) mass is 268 g/mol. The molecule has 0 aliphatic heterocycles. The van der Waals surface area contributed by atoms with Gasteiger partial charge >= 0.3 is 0 Å². The number of rotatable bonds is 5. The van der Waals surface area contributed by atoms with Gasteiger partial charge in [-0.3, -0.25) is 4.79 Å². The number of carbonyl (C=O) groups excluding carboxylic acids is 1. The number of Topliss-reactive ketones (excluding diaryl/α,β-unsaturated/α-hetero) is 1. The quantitative estimate of drug-likeness (QED) is 0.814. The summed E-state index contributed by atoms with van der Waals surface area (Å²) in [5.41, 5.74) is 1.63. The zero-order valence-corrected chi connectivity index (χ0v) is 11.1. The SMILES string of the molecule is CCS(=O)(=O)CCOc1cccc2c1CCC2=O. The van der Waals surface area contributed by atoms with Gasteiger partial charge in [0.2, 0.25) is 0 Å². The highest BCUT2D eigenvalue weighted by molar-refractivity contribution is 7.91. The molecule has 0 bridgehead atoms. The lowest BCUT2D eigenvalue weighted by Crippen LogP contribution is -2.16. The van der Waals surface area contributed by atoms with Crippen LogP contribution in [0.5, 0.6) is 5.75 Å². The summed E-state index contributed by atoms with van der Waals surface area (Å²) in [6.45, 7) is 1.76. The first kappa shape index (κ1) is 13.1. The molecule has 1 aromatic rings. The van der Waals surface area contributed by atoms with Gasteiger partial charge < -0.3 is 4.74 Å². The van der Waals surface area contributed by atoms with Crippen LogP contribution in [0.1, 0.15) is 29.3 Å². The summed E-state index contributed by atoms with van der Waals surface area (Å²) in [7, 11) is -3.01. The van der Waals surface area contributed by atoms with E-state index in [1.165, 1.54) is 0 Å². The van der Waals surface area contributed by atoms with E-state index >= 15 is 0 Å². The summed E-state index contributed by atoms with van der Waals surface area (Å²) in [5.74, 6) is 0.921. The Morgan fingerprint density at radius 2 is 2.06 bits per heavy atom. The van der Waals surface area contributed by atoms with Crippen LogP contribution in [0, 0.1) is 0 Å². The highest BCUT2D eigenvalue weighted by Crippen LogP contribution is 2.30. The highest BCUT2D eigenvalue weighted by Gasteiger charge is 2.22. The van der Waals surface area contributed by atoms with E-state index in [0.717, 1.165) is 5.56 Å². The van der Waals surface area contributed by atoms with Gasteiger partial charge in [-0.25, -0.2) is 8.42 Å². The third kappa shape index (κ3) is 2.72. The summed E-state index contributed by atoms with van der Waals surface area (Å²) in [6.07, 6.45) is 1.20. The Labute approximate surface area is 107 Å². The predicted molar refractivity (Wildman–Crippen MR) is 68.9 cm³/mol. The van der Waals surface area contributed by atoms with E-state index in [-0.39, 0.29) is 23.9 Å². The van der Waals surface area contributed by atoms with Gasteiger partial charge in [-0.1, -0.05) is 19.1 Å². The fraction of sp³-hybridized carbons (Fsp3) is 0.462. The van der Waals surface area contributed by atoms with Crippen molar-refractivity contribution >= 4 is 15.6 Å². The molecule has 0 N–H and O–H groups in total. The molecule has 0 aromatic heterocycles.